The molecule has 1 aromatic carbocycles. The van der Waals surface area contributed by atoms with Crippen LogP contribution in [-0.2, 0) is 14.3 Å². The number of esters is 1. The summed E-state index contributed by atoms with van der Waals surface area (Å²) in [6, 6.07) is 2.04. The van der Waals surface area contributed by atoms with Gasteiger partial charge in [0.15, 0.2) is 0 Å². The Morgan fingerprint density at radius 2 is 2.11 bits per heavy atom. The smallest absolute Gasteiger partial charge is 0.326 e. The molecule has 0 atom stereocenters. The molecule has 0 bridgehead atoms. The molecule has 0 saturated heterocycles. The van der Waals surface area contributed by atoms with Crippen LogP contribution in [0.15, 0.2) is 12.1 Å². The quantitative estimate of drug-likeness (QED) is 0.625. The Hall–Kier alpha value is -1.95. The van der Waals surface area contributed by atoms with E-state index in [2.05, 4.69) is 0 Å². The molecule has 2 rings (SSSR count). The minimum absolute atomic E-state index is 0.0132. The van der Waals surface area contributed by atoms with E-state index in [-0.39, 0.29) is 22.9 Å². The summed E-state index contributed by atoms with van der Waals surface area (Å²) in [5.41, 5.74) is 0.0191. The lowest BCUT2D eigenvalue weighted by molar-refractivity contribution is -0.142. The molecule has 7 heteroatoms. The highest BCUT2D eigenvalue weighted by molar-refractivity contribution is 6.53. The molecule has 0 spiro atoms. The first kappa shape index (κ1) is 13.5. The van der Waals surface area contributed by atoms with Crippen LogP contribution >= 0.6 is 11.6 Å². The number of halogens is 2. The van der Waals surface area contributed by atoms with Gasteiger partial charge in [0.2, 0.25) is 0 Å². The zero-order valence-electron chi connectivity index (χ0n) is 9.91. The molecule has 1 heterocycles. The van der Waals surface area contributed by atoms with Gasteiger partial charge in [0, 0.05) is 0 Å². The zero-order chi connectivity index (χ0) is 14.2. The Balaban J connectivity index is 2.38. The number of hydrogen-bond acceptors (Lipinski definition) is 4. The molecule has 0 fully saturated rings. The standard InChI is InChI=1S/C12H9ClFNO4/c1-2-19-10(16)5-15-9-4-8(14)7(13)3-6(9)11(17)12(15)18/h3-4H,2,5H2,1H3. The first-order valence-corrected chi connectivity index (χ1v) is 5.84. The lowest BCUT2D eigenvalue weighted by Gasteiger charge is -2.15. The lowest BCUT2D eigenvalue weighted by atomic mass is 10.1. The summed E-state index contributed by atoms with van der Waals surface area (Å²) < 4.78 is 18.1. The maximum Gasteiger partial charge on any atom is 0.326 e. The number of carbonyl (C=O) groups is 3. The summed E-state index contributed by atoms with van der Waals surface area (Å²) in [5, 5.41) is -0.252. The number of fused-ring (bicyclic) bond motifs is 1. The van der Waals surface area contributed by atoms with Crippen molar-refractivity contribution < 1.29 is 23.5 Å². The molecule has 0 radical (unpaired) electrons. The number of rotatable bonds is 3. The van der Waals surface area contributed by atoms with Gasteiger partial charge in [-0.2, -0.15) is 0 Å². The summed E-state index contributed by atoms with van der Waals surface area (Å²) in [7, 11) is 0. The van der Waals surface area contributed by atoms with Crippen molar-refractivity contribution in [2.24, 2.45) is 0 Å². The first-order chi connectivity index (χ1) is 8.95. The highest BCUT2D eigenvalue weighted by atomic mass is 35.5. The van der Waals surface area contributed by atoms with Crippen molar-refractivity contribution in [2.45, 2.75) is 6.92 Å². The molecule has 1 aromatic rings. The minimum Gasteiger partial charge on any atom is -0.465 e. The second-order valence-electron chi connectivity index (χ2n) is 3.81. The van der Waals surface area contributed by atoms with Crippen molar-refractivity contribution in [2.75, 3.05) is 18.1 Å². The van der Waals surface area contributed by atoms with E-state index in [0.717, 1.165) is 17.0 Å². The van der Waals surface area contributed by atoms with Crippen molar-refractivity contribution in [3.8, 4) is 0 Å². The molecular formula is C12H9ClFNO4. The van der Waals surface area contributed by atoms with Gasteiger partial charge in [-0.3, -0.25) is 19.3 Å². The number of amides is 1. The van der Waals surface area contributed by atoms with Gasteiger partial charge >= 0.3 is 5.97 Å². The molecule has 0 unspecified atom stereocenters. The van der Waals surface area contributed by atoms with E-state index in [1.165, 1.54) is 0 Å². The summed E-state index contributed by atoms with van der Waals surface area (Å²) >= 11 is 5.56. The van der Waals surface area contributed by atoms with Crippen LogP contribution < -0.4 is 4.90 Å². The predicted octanol–water partition coefficient (Wildman–Crippen LogP) is 1.57. The van der Waals surface area contributed by atoms with Crippen LogP contribution in [0.25, 0.3) is 0 Å². The van der Waals surface area contributed by atoms with Crippen LogP contribution in [0.4, 0.5) is 10.1 Å². The SMILES string of the molecule is CCOC(=O)CN1C(=O)C(=O)c2cc(Cl)c(F)cc21. The van der Waals surface area contributed by atoms with Crippen LogP contribution in [-0.4, -0.2) is 30.8 Å². The monoisotopic (exact) mass is 285 g/mol. The second kappa shape index (κ2) is 4.97. The fraction of sp³-hybridized carbons (Fsp3) is 0.250. The summed E-state index contributed by atoms with van der Waals surface area (Å²) in [6.45, 7) is 1.32. The largest absolute Gasteiger partial charge is 0.465 e. The number of ketones is 1. The molecule has 1 aliphatic rings. The molecule has 100 valence electrons. The molecular weight excluding hydrogens is 277 g/mol. The van der Waals surface area contributed by atoms with Gasteiger partial charge in [-0.05, 0) is 19.1 Å². The minimum atomic E-state index is -0.898. The Morgan fingerprint density at radius 3 is 2.74 bits per heavy atom. The van der Waals surface area contributed by atoms with Crippen LogP contribution in [0.1, 0.15) is 17.3 Å². The van der Waals surface area contributed by atoms with Gasteiger partial charge in [-0.15, -0.1) is 0 Å². The van der Waals surface area contributed by atoms with Crippen molar-refractivity contribution >= 4 is 34.9 Å². The molecule has 5 nitrogen and oxygen atoms in total. The van der Waals surface area contributed by atoms with Gasteiger partial charge < -0.3 is 4.74 Å². The van der Waals surface area contributed by atoms with Crippen LogP contribution in [0.3, 0.4) is 0 Å². The van der Waals surface area contributed by atoms with Crippen LogP contribution in [0, 0.1) is 5.82 Å². The van der Waals surface area contributed by atoms with Gasteiger partial charge in [0.25, 0.3) is 11.7 Å². The summed E-state index contributed by atoms with van der Waals surface area (Å²) in [4.78, 5) is 35.7. The highest BCUT2D eigenvalue weighted by Crippen LogP contribution is 2.32. The topological polar surface area (TPSA) is 63.7 Å². The number of carbonyl (C=O) groups excluding carboxylic acids is 3. The van der Waals surface area contributed by atoms with Crippen molar-refractivity contribution in [1.82, 2.24) is 0 Å². The number of hydrogen-bond donors (Lipinski definition) is 0. The number of anilines is 1. The number of ether oxygens (including phenoxy) is 1. The zero-order valence-corrected chi connectivity index (χ0v) is 10.7. The molecule has 0 aliphatic carbocycles. The van der Waals surface area contributed by atoms with Crippen molar-refractivity contribution in [1.29, 1.82) is 0 Å². The molecule has 0 saturated carbocycles. The maximum atomic E-state index is 13.4. The molecule has 1 amide bonds. The fourth-order valence-corrected chi connectivity index (χ4v) is 1.95. The normalized spacial score (nSPS) is 13.7. The van der Waals surface area contributed by atoms with Gasteiger partial charge in [0.05, 0.1) is 22.9 Å². The highest BCUT2D eigenvalue weighted by Gasteiger charge is 2.38. The van der Waals surface area contributed by atoms with Crippen molar-refractivity contribution in [3.05, 3.63) is 28.5 Å². The fourth-order valence-electron chi connectivity index (χ4n) is 1.78. The Morgan fingerprint density at radius 1 is 1.42 bits per heavy atom. The number of benzene rings is 1. The van der Waals surface area contributed by atoms with E-state index in [9.17, 15) is 18.8 Å². The maximum absolute atomic E-state index is 13.4. The van der Waals surface area contributed by atoms with Crippen molar-refractivity contribution in [3.63, 3.8) is 0 Å². The van der Waals surface area contributed by atoms with Gasteiger partial charge in [-0.1, -0.05) is 11.6 Å². The second-order valence-corrected chi connectivity index (χ2v) is 4.22. The molecule has 0 aromatic heterocycles. The van der Waals surface area contributed by atoms with Gasteiger partial charge in [-0.25, -0.2) is 4.39 Å². The van der Waals surface area contributed by atoms with E-state index < -0.39 is 30.0 Å². The van der Waals surface area contributed by atoms with E-state index in [1.807, 2.05) is 0 Å². The van der Waals surface area contributed by atoms with Crippen LogP contribution in [0.5, 0.6) is 0 Å². The summed E-state index contributed by atoms with van der Waals surface area (Å²) in [5.74, 6) is -3.16. The third kappa shape index (κ3) is 2.31. The van der Waals surface area contributed by atoms with E-state index >= 15 is 0 Å². The third-order valence-electron chi connectivity index (χ3n) is 2.61. The van der Waals surface area contributed by atoms with Crippen LogP contribution in [0.2, 0.25) is 5.02 Å². The average molecular weight is 286 g/mol. The average Bonchev–Trinajstić information content (AvgIpc) is 2.56. The van der Waals surface area contributed by atoms with E-state index in [0.29, 0.717) is 0 Å². The third-order valence-corrected chi connectivity index (χ3v) is 2.90. The predicted molar refractivity (Wildman–Crippen MR) is 64.7 cm³/mol. The van der Waals surface area contributed by atoms with E-state index in [1.54, 1.807) is 6.92 Å². The number of Topliss-reactive ketones (excluding diaryl/α,β-unsaturated/α-hetero) is 1. The Bertz CT molecular complexity index is 587. The Labute approximate surface area is 112 Å². The lowest BCUT2D eigenvalue weighted by Crippen LogP contribution is -2.35. The first-order valence-electron chi connectivity index (χ1n) is 5.46. The molecule has 1 aliphatic heterocycles. The van der Waals surface area contributed by atoms with E-state index in [4.69, 9.17) is 16.3 Å². The molecule has 0 N–H and O–H groups in total. The molecule has 19 heavy (non-hydrogen) atoms. The summed E-state index contributed by atoms with van der Waals surface area (Å²) in [6.07, 6.45) is 0. The van der Waals surface area contributed by atoms with Gasteiger partial charge in [0.1, 0.15) is 12.4 Å². The Kier molecular flexibility index (Phi) is 3.53. The number of nitrogens with zero attached hydrogens (tertiary/aromatic N) is 1.